The van der Waals surface area contributed by atoms with Crippen molar-refractivity contribution in [1.82, 2.24) is 19.1 Å². The predicted octanol–water partition coefficient (Wildman–Crippen LogP) is 9.15. The lowest BCUT2D eigenvalue weighted by Gasteiger charge is -2.31. The highest BCUT2D eigenvalue weighted by Gasteiger charge is 2.32. The molecular weight excluding hydrogens is 536 g/mol. The monoisotopic (exact) mass is 566 g/mol. The first-order valence-corrected chi connectivity index (χ1v) is 15.7. The number of fused-ring (bicyclic) bond motifs is 8. The molecule has 10 rings (SSSR count). The number of pyridine rings is 2. The number of aryl methyl sites for hydroxylation is 6. The Bertz CT molecular complexity index is 2350. The molecule has 0 saturated carbocycles. The van der Waals surface area contributed by atoms with Crippen LogP contribution in [0.5, 0.6) is 0 Å². The Balaban J connectivity index is 1.36. The van der Waals surface area contributed by atoms with Crippen LogP contribution in [-0.2, 0) is 25.7 Å². The van der Waals surface area contributed by atoms with Crippen LogP contribution in [0.1, 0.15) is 33.4 Å². The number of nitrogens with zero attached hydrogens (tertiary/aromatic N) is 4. The van der Waals surface area contributed by atoms with Gasteiger partial charge < -0.3 is 0 Å². The van der Waals surface area contributed by atoms with E-state index in [0.717, 1.165) is 37.3 Å². The van der Waals surface area contributed by atoms with Gasteiger partial charge in [0.15, 0.2) is 0 Å². The topological polar surface area (TPSA) is 35.6 Å². The second-order valence-electron chi connectivity index (χ2n) is 12.7. The van der Waals surface area contributed by atoms with E-state index < -0.39 is 0 Å². The third-order valence-electron chi connectivity index (χ3n) is 10.1. The van der Waals surface area contributed by atoms with Crippen LogP contribution in [0.3, 0.4) is 0 Å². The summed E-state index contributed by atoms with van der Waals surface area (Å²) in [6.45, 7) is 4.31. The maximum absolute atomic E-state index is 4.90. The van der Waals surface area contributed by atoms with Crippen molar-refractivity contribution >= 4 is 43.6 Å². The highest BCUT2D eigenvalue weighted by molar-refractivity contribution is 6.15. The average molecular weight is 567 g/mol. The molecule has 0 atom stereocenters. The van der Waals surface area contributed by atoms with Gasteiger partial charge in [-0.3, -0.25) is 9.13 Å². The van der Waals surface area contributed by atoms with Crippen molar-refractivity contribution in [2.75, 3.05) is 0 Å². The average Bonchev–Trinajstić information content (AvgIpc) is 3.56. The fourth-order valence-corrected chi connectivity index (χ4v) is 8.32. The summed E-state index contributed by atoms with van der Waals surface area (Å²) in [4.78, 5) is 9.80. The number of hydrogen-bond donors (Lipinski definition) is 0. The van der Waals surface area contributed by atoms with Crippen LogP contribution in [0.4, 0.5) is 0 Å². The minimum Gasteiger partial charge on any atom is -0.293 e. The molecule has 0 N–H and O–H groups in total. The van der Waals surface area contributed by atoms with Gasteiger partial charge in [0.2, 0.25) is 0 Å². The summed E-state index contributed by atoms with van der Waals surface area (Å²) in [6, 6.07) is 31.3. The number of para-hydroxylation sites is 2. The van der Waals surface area contributed by atoms with E-state index in [0.29, 0.717) is 0 Å². The normalized spacial score (nSPS) is 13.8. The third-order valence-corrected chi connectivity index (χ3v) is 10.1. The summed E-state index contributed by atoms with van der Waals surface area (Å²) >= 11 is 0. The molecule has 0 radical (unpaired) electrons. The van der Waals surface area contributed by atoms with E-state index in [1.54, 1.807) is 0 Å². The van der Waals surface area contributed by atoms with Gasteiger partial charge >= 0.3 is 0 Å². The molecule has 0 amide bonds. The first-order valence-electron chi connectivity index (χ1n) is 15.7. The van der Waals surface area contributed by atoms with E-state index in [9.17, 15) is 0 Å². The summed E-state index contributed by atoms with van der Waals surface area (Å²) < 4.78 is 4.86. The van der Waals surface area contributed by atoms with Crippen LogP contribution < -0.4 is 0 Å². The lowest BCUT2D eigenvalue weighted by atomic mass is 9.74. The van der Waals surface area contributed by atoms with Crippen LogP contribution in [0.2, 0.25) is 0 Å². The fraction of sp³-hybridized carbons (Fsp3) is 0.150. The zero-order chi connectivity index (χ0) is 29.1. The quantitative estimate of drug-likeness (QED) is 0.209. The minimum absolute atomic E-state index is 0.996. The molecule has 2 aliphatic rings. The van der Waals surface area contributed by atoms with Crippen LogP contribution in [0, 0.1) is 13.8 Å². The summed E-state index contributed by atoms with van der Waals surface area (Å²) in [5.41, 5.74) is 16.4. The summed E-state index contributed by atoms with van der Waals surface area (Å²) in [7, 11) is 0. The highest BCUT2D eigenvalue weighted by Crippen LogP contribution is 2.50. The maximum atomic E-state index is 4.90. The van der Waals surface area contributed by atoms with E-state index >= 15 is 0 Å². The molecule has 44 heavy (non-hydrogen) atoms. The van der Waals surface area contributed by atoms with E-state index in [2.05, 4.69) is 108 Å². The van der Waals surface area contributed by atoms with Gasteiger partial charge in [0, 0.05) is 33.9 Å². The second kappa shape index (κ2) is 8.67. The first kappa shape index (κ1) is 24.2. The molecule has 0 spiro atoms. The van der Waals surface area contributed by atoms with Crippen LogP contribution in [-0.4, -0.2) is 19.1 Å². The molecule has 0 bridgehead atoms. The summed E-state index contributed by atoms with van der Waals surface area (Å²) in [5, 5.41) is 5.32. The van der Waals surface area contributed by atoms with E-state index in [1.807, 2.05) is 12.4 Å². The van der Waals surface area contributed by atoms with Gasteiger partial charge in [-0.25, -0.2) is 9.97 Å². The molecular formula is C40H30N4. The Morgan fingerprint density at radius 3 is 1.41 bits per heavy atom. The van der Waals surface area contributed by atoms with Crippen molar-refractivity contribution in [3.05, 3.63) is 131 Å². The molecule has 0 aliphatic heterocycles. The lowest BCUT2D eigenvalue weighted by molar-refractivity contribution is 0.881. The smallest absolute Gasteiger partial charge is 0.137 e. The zero-order valence-corrected chi connectivity index (χ0v) is 24.9. The molecule has 4 nitrogen and oxygen atoms in total. The van der Waals surface area contributed by atoms with Gasteiger partial charge in [-0.05, 0) is 133 Å². The van der Waals surface area contributed by atoms with Gasteiger partial charge in [-0.1, -0.05) is 36.4 Å². The molecule has 4 aromatic carbocycles. The van der Waals surface area contributed by atoms with E-state index in [4.69, 9.17) is 9.97 Å². The fourth-order valence-electron chi connectivity index (χ4n) is 8.32. The predicted molar refractivity (Wildman–Crippen MR) is 180 cm³/mol. The Morgan fingerprint density at radius 1 is 0.500 bits per heavy atom. The molecule has 0 fully saturated rings. The highest BCUT2D eigenvalue weighted by atomic mass is 15.1. The molecule has 0 saturated heterocycles. The standard InChI is InChI=1S/C40H30N4/c1-23-15-17-41-35(19-23)43-33-9-5-3-7-27(33)31-21-25-12-14-30-38-26(11-13-29(37(25)38)39(31)43)22-32-28-8-4-6-10-34(28)44(40(30)32)36-20-24(2)16-18-42-36/h3-10,15-22H,11-14H2,1-2H3. The van der Waals surface area contributed by atoms with Crippen molar-refractivity contribution in [2.45, 2.75) is 39.5 Å². The SMILES string of the molecule is Cc1ccnc(-n2c3ccccc3c3cc4c5c(c32)CCc2cc3c6ccccc6n(-c6cc(C)ccn6)c3c(c2-5)CC4)c1. The number of rotatable bonds is 2. The molecule has 8 aromatic rings. The van der Waals surface area contributed by atoms with Crippen molar-refractivity contribution in [2.24, 2.45) is 0 Å². The van der Waals surface area contributed by atoms with Gasteiger partial charge in [-0.2, -0.15) is 0 Å². The van der Waals surface area contributed by atoms with E-state index in [1.165, 1.54) is 88.1 Å². The van der Waals surface area contributed by atoms with Crippen molar-refractivity contribution < 1.29 is 0 Å². The molecule has 2 aliphatic carbocycles. The Hall–Kier alpha value is -5.22. The van der Waals surface area contributed by atoms with Gasteiger partial charge in [0.25, 0.3) is 0 Å². The van der Waals surface area contributed by atoms with Gasteiger partial charge in [-0.15, -0.1) is 0 Å². The molecule has 4 aromatic heterocycles. The van der Waals surface area contributed by atoms with Crippen LogP contribution >= 0.6 is 0 Å². The second-order valence-corrected chi connectivity index (χ2v) is 12.7. The van der Waals surface area contributed by atoms with Gasteiger partial charge in [0.05, 0.1) is 22.1 Å². The van der Waals surface area contributed by atoms with Crippen molar-refractivity contribution in [3.63, 3.8) is 0 Å². The summed E-state index contributed by atoms with van der Waals surface area (Å²) in [6.07, 6.45) is 8.01. The van der Waals surface area contributed by atoms with Crippen molar-refractivity contribution in [1.29, 1.82) is 0 Å². The largest absolute Gasteiger partial charge is 0.293 e. The van der Waals surface area contributed by atoms with Gasteiger partial charge in [0.1, 0.15) is 11.6 Å². The Morgan fingerprint density at radius 2 is 0.955 bits per heavy atom. The van der Waals surface area contributed by atoms with Crippen molar-refractivity contribution in [3.8, 4) is 22.8 Å². The number of benzene rings is 4. The molecule has 4 heteroatoms. The Kier molecular flexibility index (Phi) is 4.78. The number of hydrogen-bond acceptors (Lipinski definition) is 2. The minimum atomic E-state index is 0.996. The first-order chi connectivity index (χ1) is 21.7. The molecule has 0 unspecified atom stereocenters. The zero-order valence-electron chi connectivity index (χ0n) is 24.9. The lowest BCUT2D eigenvalue weighted by Crippen LogP contribution is -2.16. The van der Waals surface area contributed by atoms with E-state index in [-0.39, 0.29) is 0 Å². The Labute approximate surface area is 255 Å². The molecule has 4 heterocycles. The number of aromatic nitrogens is 4. The van der Waals surface area contributed by atoms with Crippen LogP contribution in [0.25, 0.3) is 66.4 Å². The summed E-state index contributed by atoms with van der Waals surface area (Å²) in [5.74, 6) is 1.99. The molecule has 210 valence electrons. The third kappa shape index (κ3) is 3.12. The maximum Gasteiger partial charge on any atom is 0.137 e. The van der Waals surface area contributed by atoms with Crippen LogP contribution in [0.15, 0.2) is 97.3 Å².